The van der Waals surface area contributed by atoms with Crippen molar-refractivity contribution in [2.75, 3.05) is 32.1 Å². The molecule has 2 rings (SSSR count). The number of rotatable bonds is 43. The second-order valence-electron chi connectivity index (χ2n) is 17.6. The molecule has 2 aliphatic rings. The zero-order chi connectivity index (χ0) is 47.8. The molecule has 0 aromatic rings. The highest BCUT2D eigenvalue weighted by Crippen LogP contribution is 2.43. The Balaban J connectivity index is 1.68. The lowest BCUT2D eigenvalue weighted by molar-refractivity contribution is -0.161. The number of allylic oxidation sites excluding steroid dienone is 8. The Hall–Kier alpha value is -2.90. The van der Waals surface area contributed by atoms with Crippen LogP contribution in [0.1, 0.15) is 194 Å². The molecular weight excluding hydrogens is 878 g/mol. The molecule has 0 radical (unpaired) electrons. The third-order valence-corrected chi connectivity index (χ3v) is 14.1. The van der Waals surface area contributed by atoms with E-state index in [1.165, 1.54) is 77.0 Å². The van der Waals surface area contributed by atoms with Crippen LogP contribution < -0.4 is 16.0 Å². The van der Waals surface area contributed by atoms with Gasteiger partial charge in [0.1, 0.15) is 6.61 Å². The molecule has 0 bridgehead atoms. The standard InChI is InChI=1S/C51H88N3O10PS/c1-3-5-7-9-11-13-15-17-18-19-20-22-24-26-28-30-32-38-49(57)64-44(41-61-48(56)37-31-29-27-25-23-21-16-14-12-10-8-6-4-2)42-63-65(59,60)62-40-39-52-47(55)36-34-33-35-46-50-45(43-66-46)53-51(58)54-50/h11,13,17-18,20,22,26,28,44-46,50H,3-10,12,14-16,19,21,23-25,27,29-43H2,1-2H3,(H,52,55)(H,59,60)(H2,53,54,58)/b13-11-,18-17-,22-20-,28-26-/t44-,45-,46?,50-/m1/s1. The van der Waals surface area contributed by atoms with Crippen LogP contribution in [-0.4, -0.2) is 84.3 Å². The first-order valence-corrected chi connectivity index (χ1v) is 28.2. The number of phosphoric ester groups is 1. The lowest BCUT2D eigenvalue weighted by atomic mass is 10.0. The molecule has 3 amide bonds. The molecule has 0 aromatic carbocycles. The molecule has 2 saturated heterocycles. The van der Waals surface area contributed by atoms with Gasteiger partial charge < -0.3 is 30.3 Å². The highest BCUT2D eigenvalue weighted by Gasteiger charge is 2.42. The number of fused-ring (bicyclic) bond motifs is 1. The van der Waals surface area contributed by atoms with Crippen LogP contribution in [0.4, 0.5) is 4.79 Å². The van der Waals surface area contributed by atoms with Crippen LogP contribution in [0.15, 0.2) is 48.6 Å². The van der Waals surface area contributed by atoms with Crippen molar-refractivity contribution < 1.29 is 47.2 Å². The maximum Gasteiger partial charge on any atom is 0.472 e. The number of carbonyl (C=O) groups is 4. The minimum Gasteiger partial charge on any atom is -0.462 e. The summed E-state index contributed by atoms with van der Waals surface area (Å²) in [6.45, 7) is 3.35. The third kappa shape index (κ3) is 32.7. The Kier molecular flexibility index (Phi) is 35.9. The number of esters is 2. The van der Waals surface area contributed by atoms with Crippen molar-refractivity contribution in [1.29, 1.82) is 0 Å². The summed E-state index contributed by atoms with van der Waals surface area (Å²) in [5, 5.41) is 8.92. The van der Waals surface area contributed by atoms with Crippen LogP contribution in [0.3, 0.4) is 0 Å². The van der Waals surface area contributed by atoms with Gasteiger partial charge in [0, 0.05) is 36.8 Å². The molecule has 0 aromatic heterocycles. The van der Waals surface area contributed by atoms with Crippen molar-refractivity contribution in [3.8, 4) is 0 Å². The highest BCUT2D eigenvalue weighted by molar-refractivity contribution is 8.00. The van der Waals surface area contributed by atoms with Crippen molar-refractivity contribution in [3.63, 3.8) is 0 Å². The third-order valence-electron chi connectivity index (χ3n) is 11.6. The molecule has 5 atom stereocenters. The largest absolute Gasteiger partial charge is 0.472 e. The number of nitrogens with one attached hydrogen (secondary N) is 3. The van der Waals surface area contributed by atoms with Crippen LogP contribution >= 0.6 is 19.6 Å². The second kappa shape index (κ2) is 40.0. The summed E-state index contributed by atoms with van der Waals surface area (Å²) in [4.78, 5) is 59.7. The molecule has 0 aliphatic carbocycles. The van der Waals surface area contributed by atoms with E-state index in [0.717, 1.165) is 63.5 Å². The predicted octanol–water partition coefficient (Wildman–Crippen LogP) is 12.0. The molecule has 0 spiro atoms. The molecule has 15 heteroatoms. The molecule has 2 heterocycles. The van der Waals surface area contributed by atoms with Gasteiger partial charge in [0.25, 0.3) is 0 Å². The van der Waals surface area contributed by atoms with Gasteiger partial charge in [-0.1, -0.05) is 159 Å². The Morgan fingerprint density at radius 1 is 0.682 bits per heavy atom. The van der Waals surface area contributed by atoms with E-state index in [9.17, 15) is 28.6 Å². The van der Waals surface area contributed by atoms with Crippen molar-refractivity contribution in [2.45, 2.75) is 217 Å². The van der Waals surface area contributed by atoms with Gasteiger partial charge in [0.05, 0.1) is 25.3 Å². The maximum absolute atomic E-state index is 12.8. The van der Waals surface area contributed by atoms with Gasteiger partial charge >= 0.3 is 25.8 Å². The van der Waals surface area contributed by atoms with E-state index in [4.69, 9.17) is 18.5 Å². The van der Waals surface area contributed by atoms with Crippen molar-refractivity contribution >= 4 is 43.5 Å². The van der Waals surface area contributed by atoms with Crippen molar-refractivity contribution in [1.82, 2.24) is 16.0 Å². The van der Waals surface area contributed by atoms with Crippen molar-refractivity contribution in [3.05, 3.63) is 48.6 Å². The monoisotopic (exact) mass is 966 g/mol. The van der Waals surface area contributed by atoms with Crippen LogP contribution in [0.25, 0.3) is 0 Å². The molecule has 2 aliphatic heterocycles. The van der Waals surface area contributed by atoms with E-state index in [1.54, 1.807) is 0 Å². The zero-order valence-corrected chi connectivity index (χ0v) is 42.5. The molecule has 66 heavy (non-hydrogen) atoms. The number of thioether (sulfide) groups is 1. The Morgan fingerprint density at radius 2 is 1.23 bits per heavy atom. The number of carbonyl (C=O) groups excluding carboxylic acids is 4. The summed E-state index contributed by atoms with van der Waals surface area (Å²) in [6, 6.07) is 0.184. The fraction of sp³-hybridized carbons (Fsp3) is 0.765. The summed E-state index contributed by atoms with van der Waals surface area (Å²) < 4.78 is 33.9. The maximum atomic E-state index is 12.8. The van der Waals surface area contributed by atoms with E-state index in [2.05, 4.69) is 72.3 Å². The van der Waals surface area contributed by atoms with E-state index >= 15 is 0 Å². The molecule has 2 unspecified atom stereocenters. The molecule has 2 fully saturated rings. The SMILES string of the molecule is CCCCC/C=C\C/C=C\C/C=C\C/C=C\CCCC(=O)O[C@H](COC(=O)CCCCCCCCCCCCCCC)COP(=O)(O)OCCNC(=O)CCCCC1SC[C@H]2NC(=O)N[C@@H]12. The highest BCUT2D eigenvalue weighted by atomic mass is 32.2. The molecule has 0 saturated carbocycles. The molecule has 378 valence electrons. The summed E-state index contributed by atoms with van der Waals surface area (Å²) >= 11 is 1.84. The number of phosphoric acid groups is 1. The first-order chi connectivity index (χ1) is 32.1. The van der Waals surface area contributed by atoms with Crippen LogP contribution in [-0.2, 0) is 37.5 Å². The Morgan fingerprint density at radius 3 is 1.86 bits per heavy atom. The molecular formula is C51H88N3O10PS. The smallest absolute Gasteiger partial charge is 0.462 e. The van der Waals surface area contributed by atoms with Gasteiger partial charge in [-0.3, -0.25) is 23.4 Å². The number of unbranched alkanes of at least 4 members (excludes halogenated alkanes) is 17. The lowest BCUT2D eigenvalue weighted by Crippen LogP contribution is -2.36. The Labute approximate surface area is 402 Å². The Bertz CT molecular complexity index is 1480. The van der Waals surface area contributed by atoms with E-state index in [0.29, 0.717) is 37.4 Å². The minimum absolute atomic E-state index is 0.00133. The summed E-state index contributed by atoms with van der Waals surface area (Å²) in [7, 11) is -4.59. The molecule has 4 N–H and O–H groups in total. The van der Waals surface area contributed by atoms with Crippen LogP contribution in [0, 0.1) is 0 Å². The average molecular weight is 966 g/mol. The molecule has 13 nitrogen and oxygen atoms in total. The fourth-order valence-corrected chi connectivity index (χ4v) is 10.1. The number of urea groups is 1. The summed E-state index contributed by atoms with van der Waals surface area (Å²) in [5.41, 5.74) is 0. The second-order valence-corrected chi connectivity index (χ2v) is 20.3. The number of hydrogen-bond donors (Lipinski definition) is 4. The van der Waals surface area contributed by atoms with Crippen LogP contribution in [0.5, 0.6) is 0 Å². The topological polar surface area (TPSA) is 179 Å². The summed E-state index contributed by atoms with van der Waals surface area (Å²) in [6.07, 6.45) is 43.6. The first-order valence-electron chi connectivity index (χ1n) is 25.7. The van der Waals surface area contributed by atoms with E-state index in [-0.39, 0.29) is 56.6 Å². The van der Waals surface area contributed by atoms with Gasteiger partial charge in [-0.2, -0.15) is 11.8 Å². The van der Waals surface area contributed by atoms with Gasteiger partial charge in [-0.25, -0.2) is 9.36 Å². The fourth-order valence-electron chi connectivity index (χ4n) is 7.76. The lowest BCUT2D eigenvalue weighted by Gasteiger charge is -2.20. The number of amides is 3. The van der Waals surface area contributed by atoms with E-state index in [1.807, 2.05) is 17.8 Å². The number of hydrogen-bond acceptors (Lipinski definition) is 10. The quantitative estimate of drug-likeness (QED) is 0.0150. The van der Waals surface area contributed by atoms with Gasteiger partial charge in [0.15, 0.2) is 6.10 Å². The van der Waals surface area contributed by atoms with Crippen LogP contribution in [0.2, 0.25) is 0 Å². The summed E-state index contributed by atoms with van der Waals surface area (Å²) in [5.74, 6) is -0.267. The van der Waals surface area contributed by atoms with Gasteiger partial charge in [-0.05, 0) is 64.2 Å². The van der Waals surface area contributed by atoms with Crippen molar-refractivity contribution in [2.24, 2.45) is 0 Å². The predicted molar refractivity (Wildman–Crippen MR) is 268 cm³/mol. The zero-order valence-electron chi connectivity index (χ0n) is 40.7. The number of ether oxygens (including phenoxy) is 2. The first kappa shape index (κ1) is 59.2. The normalized spacial score (nSPS) is 18.5. The van der Waals surface area contributed by atoms with Gasteiger partial charge in [0.2, 0.25) is 5.91 Å². The minimum atomic E-state index is -4.59. The average Bonchev–Trinajstić information content (AvgIpc) is 3.86. The van der Waals surface area contributed by atoms with Gasteiger partial charge in [-0.15, -0.1) is 0 Å². The van der Waals surface area contributed by atoms with E-state index < -0.39 is 32.5 Å².